The van der Waals surface area contributed by atoms with Gasteiger partial charge in [-0.1, -0.05) is 12.1 Å². The van der Waals surface area contributed by atoms with Crippen molar-refractivity contribution in [3.05, 3.63) is 24.3 Å². The van der Waals surface area contributed by atoms with E-state index in [1.807, 2.05) is 32.9 Å². The van der Waals surface area contributed by atoms with Gasteiger partial charge in [0.05, 0.1) is 12.8 Å². The van der Waals surface area contributed by atoms with E-state index in [1.54, 1.807) is 19.2 Å². The van der Waals surface area contributed by atoms with Crippen molar-refractivity contribution in [2.45, 2.75) is 33.2 Å². The highest BCUT2D eigenvalue weighted by atomic mass is 16.5. The summed E-state index contributed by atoms with van der Waals surface area (Å²) in [5.41, 5.74) is 0.196. The van der Waals surface area contributed by atoms with Gasteiger partial charge in [-0.3, -0.25) is 9.59 Å². The first-order valence-electron chi connectivity index (χ1n) is 6.46. The normalized spacial score (nSPS) is 10.8. The molecule has 0 radical (unpaired) electrons. The topological polar surface area (TPSA) is 58.6 Å². The number of rotatable bonds is 4. The summed E-state index contributed by atoms with van der Waals surface area (Å²) in [5, 5.41) is 2.76. The molecule has 0 saturated carbocycles. The smallest absolute Gasteiger partial charge is 0.244 e. The summed E-state index contributed by atoms with van der Waals surface area (Å²) in [5.74, 6) is 0.207. The number of carbonyl (C=O) groups excluding carboxylic acids is 2. The van der Waals surface area contributed by atoms with Crippen LogP contribution in [0.2, 0.25) is 0 Å². The summed E-state index contributed by atoms with van der Waals surface area (Å²) in [6.45, 7) is 7.15. The maximum Gasteiger partial charge on any atom is 0.244 e. The molecule has 0 unspecified atom stereocenters. The van der Waals surface area contributed by atoms with Crippen LogP contribution in [0.25, 0.3) is 0 Å². The van der Waals surface area contributed by atoms with Gasteiger partial charge in [-0.25, -0.2) is 0 Å². The molecular formula is C15H22N2O3. The van der Waals surface area contributed by atoms with E-state index in [0.717, 1.165) is 0 Å². The first-order valence-corrected chi connectivity index (χ1v) is 6.46. The lowest BCUT2D eigenvalue weighted by Gasteiger charge is -2.34. The number of para-hydroxylation sites is 2. The van der Waals surface area contributed by atoms with Crippen molar-refractivity contribution < 1.29 is 14.3 Å². The van der Waals surface area contributed by atoms with Gasteiger partial charge < -0.3 is 15.0 Å². The Hall–Kier alpha value is -2.04. The van der Waals surface area contributed by atoms with Crippen molar-refractivity contribution in [3.63, 3.8) is 0 Å². The van der Waals surface area contributed by atoms with Crippen LogP contribution in [0, 0.1) is 0 Å². The molecule has 1 aromatic carbocycles. The molecule has 0 atom stereocenters. The molecule has 0 fully saturated rings. The molecular weight excluding hydrogens is 256 g/mol. The molecule has 0 heterocycles. The van der Waals surface area contributed by atoms with E-state index in [9.17, 15) is 9.59 Å². The van der Waals surface area contributed by atoms with E-state index >= 15 is 0 Å². The molecule has 0 spiro atoms. The number of amides is 2. The Morgan fingerprint density at radius 3 is 2.35 bits per heavy atom. The largest absolute Gasteiger partial charge is 0.495 e. The summed E-state index contributed by atoms with van der Waals surface area (Å²) in [6.07, 6.45) is 0. The molecule has 5 heteroatoms. The predicted octanol–water partition coefficient (Wildman–Crippen LogP) is 2.28. The number of anilines is 1. The first-order chi connectivity index (χ1) is 9.25. The van der Waals surface area contributed by atoms with Crippen LogP contribution in [0.1, 0.15) is 27.7 Å². The van der Waals surface area contributed by atoms with Crippen LogP contribution in [0.5, 0.6) is 5.75 Å². The van der Waals surface area contributed by atoms with Crippen LogP contribution in [0.4, 0.5) is 5.69 Å². The fourth-order valence-electron chi connectivity index (χ4n) is 1.90. The zero-order valence-corrected chi connectivity index (χ0v) is 12.7. The lowest BCUT2D eigenvalue weighted by Crippen LogP contribution is -2.48. The highest BCUT2D eigenvalue weighted by Gasteiger charge is 2.26. The molecule has 1 aromatic rings. The second-order valence-corrected chi connectivity index (χ2v) is 5.52. The fourth-order valence-corrected chi connectivity index (χ4v) is 1.90. The van der Waals surface area contributed by atoms with Crippen molar-refractivity contribution in [1.82, 2.24) is 4.90 Å². The molecule has 1 N–H and O–H groups in total. The van der Waals surface area contributed by atoms with Crippen LogP contribution in [0.15, 0.2) is 24.3 Å². The molecule has 0 aliphatic heterocycles. The van der Waals surface area contributed by atoms with Crippen molar-refractivity contribution in [3.8, 4) is 5.75 Å². The summed E-state index contributed by atoms with van der Waals surface area (Å²) < 4.78 is 5.17. The maximum absolute atomic E-state index is 12.1. The van der Waals surface area contributed by atoms with Crippen LogP contribution in [0.3, 0.4) is 0 Å². The minimum absolute atomic E-state index is 0.0108. The van der Waals surface area contributed by atoms with Gasteiger partial charge in [-0.2, -0.15) is 0 Å². The number of benzene rings is 1. The third kappa shape index (κ3) is 4.26. The molecule has 0 aromatic heterocycles. The molecule has 110 valence electrons. The van der Waals surface area contributed by atoms with Crippen molar-refractivity contribution >= 4 is 17.5 Å². The van der Waals surface area contributed by atoms with E-state index in [-0.39, 0.29) is 18.4 Å². The van der Waals surface area contributed by atoms with E-state index in [0.29, 0.717) is 11.4 Å². The van der Waals surface area contributed by atoms with E-state index in [4.69, 9.17) is 4.74 Å². The summed E-state index contributed by atoms with van der Waals surface area (Å²) in [4.78, 5) is 25.2. The Morgan fingerprint density at radius 1 is 1.25 bits per heavy atom. The highest BCUT2D eigenvalue weighted by Crippen LogP contribution is 2.23. The second-order valence-electron chi connectivity index (χ2n) is 5.52. The second kappa shape index (κ2) is 6.41. The number of carbonyl (C=O) groups is 2. The van der Waals surface area contributed by atoms with Crippen LogP contribution in [-0.4, -0.2) is 35.9 Å². The Labute approximate surface area is 119 Å². The van der Waals surface area contributed by atoms with Crippen molar-refractivity contribution in [2.24, 2.45) is 0 Å². The van der Waals surface area contributed by atoms with Crippen molar-refractivity contribution in [2.75, 3.05) is 19.0 Å². The Balaban J connectivity index is 2.79. The minimum Gasteiger partial charge on any atom is -0.495 e. The van der Waals surface area contributed by atoms with Gasteiger partial charge in [0.1, 0.15) is 12.3 Å². The SMILES string of the molecule is COc1ccccc1NC(=O)CN(C(C)=O)C(C)(C)C. The molecule has 0 bridgehead atoms. The van der Waals surface area contributed by atoms with Gasteiger partial charge >= 0.3 is 0 Å². The minimum atomic E-state index is -0.399. The third-order valence-electron chi connectivity index (χ3n) is 2.87. The van der Waals surface area contributed by atoms with Crippen LogP contribution >= 0.6 is 0 Å². The Morgan fingerprint density at radius 2 is 1.85 bits per heavy atom. The standard InChI is InChI=1S/C15H22N2O3/c1-11(18)17(15(2,3)4)10-14(19)16-12-8-6-7-9-13(12)20-5/h6-9H,10H2,1-5H3,(H,16,19). The summed E-state index contributed by atoms with van der Waals surface area (Å²) >= 11 is 0. The predicted molar refractivity (Wildman–Crippen MR) is 78.8 cm³/mol. The summed E-state index contributed by atoms with van der Waals surface area (Å²) in [7, 11) is 1.54. The zero-order valence-electron chi connectivity index (χ0n) is 12.7. The molecule has 0 saturated heterocycles. The molecule has 20 heavy (non-hydrogen) atoms. The lowest BCUT2D eigenvalue weighted by molar-refractivity contribution is -0.137. The first kappa shape index (κ1) is 16.0. The molecule has 0 aliphatic rings. The lowest BCUT2D eigenvalue weighted by atomic mass is 10.1. The number of methoxy groups -OCH3 is 1. The monoisotopic (exact) mass is 278 g/mol. The van der Waals surface area contributed by atoms with E-state index in [2.05, 4.69) is 5.32 Å². The highest BCUT2D eigenvalue weighted by molar-refractivity contribution is 5.95. The fraction of sp³-hybridized carbons (Fsp3) is 0.467. The number of hydrogen-bond donors (Lipinski definition) is 1. The average molecular weight is 278 g/mol. The number of nitrogens with one attached hydrogen (secondary N) is 1. The van der Waals surface area contributed by atoms with Gasteiger partial charge in [0, 0.05) is 12.5 Å². The van der Waals surface area contributed by atoms with Crippen LogP contribution in [-0.2, 0) is 9.59 Å². The maximum atomic E-state index is 12.1. The van der Waals surface area contributed by atoms with Crippen LogP contribution < -0.4 is 10.1 Å². The van der Waals surface area contributed by atoms with E-state index in [1.165, 1.54) is 11.8 Å². The quantitative estimate of drug-likeness (QED) is 0.919. The molecule has 0 aliphatic carbocycles. The number of hydrogen-bond acceptors (Lipinski definition) is 3. The molecule has 1 rings (SSSR count). The van der Waals surface area contributed by atoms with Crippen molar-refractivity contribution in [1.29, 1.82) is 0 Å². The van der Waals surface area contributed by atoms with Gasteiger partial charge in [0.25, 0.3) is 0 Å². The van der Waals surface area contributed by atoms with Gasteiger partial charge in [0.2, 0.25) is 11.8 Å². The molecule has 2 amide bonds. The molecule has 5 nitrogen and oxygen atoms in total. The number of ether oxygens (including phenoxy) is 1. The number of nitrogens with zero attached hydrogens (tertiary/aromatic N) is 1. The third-order valence-corrected chi connectivity index (χ3v) is 2.87. The summed E-state index contributed by atoms with van der Waals surface area (Å²) in [6, 6.07) is 7.16. The Bertz CT molecular complexity index is 492. The average Bonchev–Trinajstić information content (AvgIpc) is 2.35. The Kier molecular flexibility index (Phi) is 5.13. The zero-order chi connectivity index (χ0) is 15.3. The van der Waals surface area contributed by atoms with Gasteiger partial charge in [0.15, 0.2) is 0 Å². The van der Waals surface area contributed by atoms with Gasteiger partial charge in [-0.05, 0) is 32.9 Å². The van der Waals surface area contributed by atoms with E-state index < -0.39 is 5.54 Å². The van der Waals surface area contributed by atoms with Gasteiger partial charge in [-0.15, -0.1) is 0 Å².